The fourth-order valence-corrected chi connectivity index (χ4v) is 1.61. The van der Waals surface area contributed by atoms with Crippen LogP contribution in [0.3, 0.4) is 0 Å². The maximum atomic E-state index is 10.9. The number of hydrogen-bond acceptors (Lipinski definition) is 3. The maximum Gasteiger partial charge on any atom is 0.356 e. The summed E-state index contributed by atoms with van der Waals surface area (Å²) in [5.41, 5.74) is 6.87. The predicted octanol–water partition coefficient (Wildman–Crippen LogP) is 0.978. The van der Waals surface area contributed by atoms with E-state index in [0.29, 0.717) is 16.9 Å². The molecule has 0 aliphatic heterocycles. The van der Waals surface area contributed by atoms with Crippen molar-refractivity contribution in [3.63, 3.8) is 0 Å². The second kappa shape index (κ2) is 4.33. The predicted molar refractivity (Wildman–Crippen MR) is 63.8 cm³/mol. The number of carboxylic acid groups (broad SMARTS) is 1. The minimum absolute atomic E-state index is 0.0218. The highest BCUT2D eigenvalue weighted by molar-refractivity contribution is 5.92. The molecule has 0 radical (unpaired) electrons. The average Bonchev–Trinajstić information content (AvgIpc) is 2.71. The first-order chi connectivity index (χ1) is 8.49. The SMILES string of the molecule is Cc1cc(C(=O)O)nn1-c1ccc(C(N)=O)cc1. The van der Waals surface area contributed by atoms with Gasteiger partial charge in [-0.1, -0.05) is 0 Å². The first-order valence-electron chi connectivity index (χ1n) is 5.19. The summed E-state index contributed by atoms with van der Waals surface area (Å²) in [6.07, 6.45) is 0. The molecule has 1 amide bonds. The van der Waals surface area contributed by atoms with Gasteiger partial charge in [0.1, 0.15) is 0 Å². The lowest BCUT2D eigenvalue weighted by Crippen LogP contribution is -2.11. The zero-order valence-electron chi connectivity index (χ0n) is 9.62. The number of nitrogens with two attached hydrogens (primary N) is 1. The molecule has 6 heteroatoms. The van der Waals surface area contributed by atoms with Crippen molar-refractivity contribution in [1.29, 1.82) is 0 Å². The summed E-state index contributed by atoms with van der Waals surface area (Å²) in [7, 11) is 0. The highest BCUT2D eigenvalue weighted by Crippen LogP contribution is 2.13. The Morgan fingerprint density at radius 2 is 1.89 bits per heavy atom. The third-order valence-corrected chi connectivity index (χ3v) is 2.50. The van der Waals surface area contributed by atoms with Gasteiger partial charge in [-0.05, 0) is 37.3 Å². The molecule has 0 spiro atoms. The lowest BCUT2D eigenvalue weighted by Gasteiger charge is -2.04. The van der Waals surface area contributed by atoms with Crippen LogP contribution in [0.25, 0.3) is 5.69 Å². The number of aromatic nitrogens is 2. The quantitative estimate of drug-likeness (QED) is 0.841. The number of benzene rings is 1. The van der Waals surface area contributed by atoms with E-state index < -0.39 is 11.9 Å². The molecule has 3 N–H and O–H groups in total. The van der Waals surface area contributed by atoms with E-state index in [1.165, 1.54) is 10.7 Å². The van der Waals surface area contributed by atoms with Crippen molar-refractivity contribution in [3.05, 3.63) is 47.3 Å². The van der Waals surface area contributed by atoms with Crippen molar-refractivity contribution in [3.8, 4) is 5.69 Å². The van der Waals surface area contributed by atoms with Crippen LogP contribution in [0.4, 0.5) is 0 Å². The third-order valence-electron chi connectivity index (χ3n) is 2.50. The summed E-state index contributed by atoms with van der Waals surface area (Å²) < 4.78 is 1.49. The minimum atomic E-state index is -1.08. The van der Waals surface area contributed by atoms with E-state index in [4.69, 9.17) is 10.8 Å². The zero-order chi connectivity index (χ0) is 13.3. The molecule has 0 aliphatic carbocycles. The normalized spacial score (nSPS) is 10.3. The molecule has 1 heterocycles. The van der Waals surface area contributed by atoms with Crippen molar-refractivity contribution in [2.45, 2.75) is 6.92 Å². The summed E-state index contributed by atoms with van der Waals surface area (Å²) >= 11 is 0. The van der Waals surface area contributed by atoms with Crippen LogP contribution in [0.2, 0.25) is 0 Å². The number of carbonyl (C=O) groups is 2. The summed E-state index contributed by atoms with van der Waals surface area (Å²) in [6, 6.07) is 7.93. The van der Waals surface area contributed by atoms with Crippen LogP contribution in [0.5, 0.6) is 0 Å². The van der Waals surface area contributed by atoms with E-state index in [1.807, 2.05) is 0 Å². The smallest absolute Gasteiger partial charge is 0.356 e. The Labute approximate surface area is 103 Å². The second-order valence-electron chi connectivity index (χ2n) is 3.80. The maximum absolute atomic E-state index is 10.9. The van der Waals surface area contributed by atoms with Crippen molar-refractivity contribution >= 4 is 11.9 Å². The lowest BCUT2D eigenvalue weighted by molar-refractivity contribution is 0.0689. The van der Waals surface area contributed by atoms with Crippen LogP contribution >= 0.6 is 0 Å². The van der Waals surface area contributed by atoms with E-state index in [0.717, 1.165) is 0 Å². The van der Waals surface area contributed by atoms with E-state index in [9.17, 15) is 9.59 Å². The van der Waals surface area contributed by atoms with Gasteiger partial charge < -0.3 is 10.8 Å². The van der Waals surface area contributed by atoms with Gasteiger partial charge >= 0.3 is 5.97 Å². The van der Waals surface area contributed by atoms with Crippen LogP contribution < -0.4 is 5.73 Å². The molecule has 18 heavy (non-hydrogen) atoms. The average molecular weight is 245 g/mol. The molecule has 92 valence electrons. The number of primary amides is 1. The Morgan fingerprint density at radius 3 is 2.33 bits per heavy atom. The molecule has 0 saturated heterocycles. The summed E-state index contributed by atoms with van der Waals surface area (Å²) in [5.74, 6) is -1.59. The number of aromatic carboxylic acids is 1. The number of hydrogen-bond donors (Lipinski definition) is 2. The van der Waals surface area contributed by atoms with Gasteiger partial charge in [0.25, 0.3) is 0 Å². The first kappa shape index (κ1) is 11.8. The first-order valence-corrected chi connectivity index (χ1v) is 5.19. The van der Waals surface area contributed by atoms with Crippen molar-refractivity contribution < 1.29 is 14.7 Å². The molecule has 0 fully saturated rings. The molecule has 2 rings (SSSR count). The van der Waals surface area contributed by atoms with Crippen LogP contribution in [0, 0.1) is 6.92 Å². The Hall–Kier alpha value is -2.63. The lowest BCUT2D eigenvalue weighted by atomic mass is 10.2. The number of carbonyl (C=O) groups excluding carboxylic acids is 1. The monoisotopic (exact) mass is 245 g/mol. The van der Waals surface area contributed by atoms with E-state index in [1.54, 1.807) is 31.2 Å². The summed E-state index contributed by atoms with van der Waals surface area (Å²) in [5, 5.41) is 12.8. The molecule has 1 aromatic heterocycles. The van der Waals surface area contributed by atoms with Crippen molar-refractivity contribution in [2.75, 3.05) is 0 Å². The highest BCUT2D eigenvalue weighted by Gasteiger charge is 2.11. The number of rotatable bonds is 3. The van der Waals surface area contributed by atoms with Gasteiger partial charge in [0, 0.05) is 11.3 Å². The molecular formula is C12H11N3O3. The van der Waals surface area contributed by atoms with Crippen LogP contribution in [0.15, 0.2) is 30.3 Å². The van der Waals surface area contributed by atoms with Crippen LogP contribution in [-0.2, 0) is 0 Å². The number of amides is 1. The Balaban J connectivity index is 2.42. The molecule has 2 aromatic rings. The largest absolute Gasteiger partial charge is 0.476 e. The molecule has 1 aromatic carbocycles. The molecular weight excluding hydrogens is 234 g/mol. The highest BCUT2D eigenvalue weighted by atomic mass is 16.4. The summed E-state index contributed by atoms with van der Waals surface area (Å²) in [4.78, 5) is 21.7. The Bertz CT molecular complexity index is 614. The van der Waals surface area contributed by atoms with Crippen LogP contribution in [-0.4, -0.2) is 26.8 Å². The molecule has 0 aliphatic rings. The molecule has 0 unspecified atom stereocenters. The van der Waals surface area contributed by atoms with Crippen molar-refractivity contribution in [2.24, 2.45) is 5.73 Å². The van der Waals surface area contributed by atoms with Gasteiger partial charge in [0.05, 0.1) is 5.69 Å². The molecule has 0 bridgehead atoms. The molecule has 6 nitrogen and oxygen atoms in total. The summed E-state index contributed by atoms with van der Waals surface area (Å²) in [6.45, 7) is 1.75. The van der Waals surface area contributed by atoms with Crippen molar-refractivity contribution in [1.82, 2.24) is 9.78 Å². The molecule has 0 atom stereocenters. The standard InChI is InChI=1S/C12H11N3O3/c1-7-6-10(12(17)18)14-15(7)9-4-2-8(3-5-9)11(13)16/h2-6H,1H3,(H2,13,16)(H,17,18). The van der Waals surface area contributed by atoms with Crippen LogP contribution in [0.1, 0.15) is 26.5 Å². The van der Waals surface area contributed by atoms with Gasteiger partial charge in [-0.25, -0.2) is 9.48 Å². The van der Waals surface area contributed by atoms with E-state index >= 15 is 0 Å². The fourth-order valence-electron chi connectivity index (χ4n) is 1.61. The van der Waals surface area contributed by atoms with Gasteiger partial charge in [0.15, 0.2) is 5.69 Å². The van der Waals surface area contributed by atoms with Gasteiger partial charge in [-0.2, -0.15) is 5.10 Å². The van der Waals surface area contributed by atoms with E-state index in [2.05, 4.69) is 5.10 Å². The number of aryl methyl sites for hydroxylation is 1. The number of nitrogens with zero attached hydrogens (tertiary/aromatic N) is 2. The Kier molecular flexibility index (Phi) is 2.85. The fraction of sp³-hybridized carbons (Fsp3) is 0.0833. The van der Waals surface area contributed by atoms with E-state index in [-0.39, 0.29) is 5.69 Å². The second-order valence-corrected chi connectivity index (χ2v) is 3.80. The Morgan fingerprint density at radius 1 is 1.28 bits per heavy atom. The van der Waals surface area contributed by atoms with Gasteiger partial charge in [-0.15, -0.1) is 0 Å². The number of carboxylic acids is 1. The molecule has 0 saturated carbocycles. The minimum Gasteiger partial charge on any atom is -0.476 e. The van der Waals surface area contributed by atoms with Gasteiger partial charge in [-0.3, -0.25) is 4.79 Å². The third kappa shape index (κ3) is 2.08. The zero-order valence-corrected chi connectivity index (χ0v) is 9.62. The van der Waals surface area contributed by atoms with Gasteiger partial charge in [0.2, 0.25) is 5.91 Å². The topological polar surface area (TPSA) is 98.2 Å².